The molecule has 11 nitrogen and oxygen atoms in total. The van der Waals surface area contributed by atoms with Crippen molar-refractivity contribution in [2.24, 2.45) is 5.92 Å². The van der Waals surface area contributed by atoms with Gasteiger partial charge in [-0.15, -0.1) is 0 Å². The molecule has 220 valence electrons. The fourth-order valence-electron chi connectivity index (χ4n) is 4.15. The zero-order valence-corrected chi connectivity index (χ0v) is 22.7. The van der Waals surface area contributed by atoms with E-state index in [1.807, 2.05) is 0 Å². The molecule has 2 aromatic heterocycles. The maximum atomic E-state index is 13.2. The number of pyridine rings is 1. The molecule has 1 unspecified atom stereocenters. The number of halogens is 3. The maximum absolute atomic E-state index is 13.2. The number of amides is 2. The molecule has 4 rings (SSSR count). The number of nitrogens with one attached hydrogen (secondary N) is 1. The number of carbonyl (C=O) groups is 3. The van der Waals surface area contributed by atoms with E-state index in [1.165, 1.54) is 16.8 Å². The molecule has 0 bridgehead atoms. The molecule has 3 aromatic rings. The minimum Gasteiger partial charge on any atom is -0.476 e. The highest BCUT2D eigenvalue weighted by atomic mass is 19.4. The second-order valence-corrected chi connectivity index (χ2v) is 9.62. The predicted octanol–water partition coefficient (Wildman–Crippen LogP) is 3.53. The molecule has 1 aromatic carbocycles. The first kappa shape index (κ1) is 29.8. The van der Waals surface area contributed by atoms with Crippen LogP contribution in [0.15, 0.2) is 36.5 Å². The molecule has 1 aliphatic rings. The van der Waals surface area contributed by atoms with E-state index in [2.05, 4.69) is 15.4 Å². The molecular formula is C27H30F3N5O6. The van der Waals surface area contributed by atoms with Gasteiger partial charge in [-0.1, -0.05) is 19.9 Å². The largest absolute Gasteiger partial charge is 0.476 e. The molecule has 3 heterocycles. The molecule has 1 N–H and O–H groups in total. The predicted molar refractivity (Wildman–Crippen MR) is 140 cm³/mol. The first-order valence-corrected chi connectivity index (χ1v) is 13.0. The first-order chi connectivity index (χ1) is 19.5. The van der Waals surface area contributed by atoms with Crippen molar-refractivity contribution < 1.29 is 41.8 Å². The van der Waals surface area contributed by atoms with Gasteiger partial charge in [-0.2, -0.15) is 18.3 Å². The van der Waals surface area contributed by atoms with Gasteiger partial charge in [-0.3, -0.25) is 14.3 Å². The Hall–Kier alpha value is -4.20. The summed E-state index contributed by atoms with van der Waals surface area (Å²) in [4.78, 5) is 43.4. The number of esters is 1. The topological polar surface area (TPSA) is 125 Å². The van der Waals surface area contributed by atoms with E-state index < -0.39 is 35.5 Å². The quantitative estimate of drug-likeness (QED) is 0.383. The van der Waals surface area contributed by atoms with Crippen LogP contribution in [0.25, 0.3) is 10.9 Å². The van der Waals surface area contributed by atoms with Gasteiger partial charge in [0.15, 0.2) is 6.10 Å². The van der Waals surface area contributed by atoms with Crippen molar-refractivity contribution >= 4 is 34.4 Å². The molecular weight excluding hydrogens is 547 g/mol. The number of anilines is 1. The lowest BCUT2D eigenvalue weighted by Crippen LogP contribution is -2.42. The average Bonchev–Trinajstić information content (AvgIpc) is 3.32. The van der Waals surface area contributed by atoms with Gasteiger partial charge in [0.1, 0.15) is 23.7 Å². The number of nitrogens with zero attached hydrogens (tertiary/aromatic N) is 4. The average molecular weight is 578 g/mol. The summed E-state index contributed by atoms with van der Waals surface area (Å²) in [7, 11) is 0. The zero-order valence-electron chi connectivity index (χ0n) is 22.7. The van der Waals surface area contributed by atoms with E-state index in [0.29, 0.717) is 37.2 Å². The Morgan fingerprint density at radius 2 is 1.88 bits per heavy atom. The van der Waals surface area contributed by atoms with Gasteiger partial charge in [-0.05, 0) is 25.1 Å². The number of benzene rings is 1. The normalized spacial score (nSPS) is 14.7. The molecule has 0 aliphatic carbocycles. The summed E-state index contributed by atoms with van der Waals surface area (Å²) >= 11 is 0. The summed E-state index contributed by atoms with van der Waals surface area (Å²) in [6, 6.07) is 5.97. The molecule has 41 heavy (non-hydrogen) atoms. The van der Waals surface area contributed by atoms with Gasteiger partial charge in [0, 0.05) is 36.7 Å². The third kappa shape index (κ3) is 7.31. The van der Waals surface area contributed by atoms with Crippen LogP contribution in [-0.4, -0.2) is 76.5 Å². The van der Waals surface area contributed by atoms with E-state index >= 15 is 0 Å². The lowest BCUT2D eigenvalue weighted by Gasteiger charge is -2.26. The van der Waals surface area contributed by atoms with Crippen molar-refractivity contribution in [2.45, 2.75) is 39.6 Å². The lowest BCUT2D eigenvalue weighted by atomic mass is 10.1. The first-order valence-electron chi connectivity index (χ1n) is 13.0. The Bertz CT molecular complexity index is 1420. The van der Waals surface area contributed by atoms with E-state index in [0.717, 1.165) is 18.2 Å². The van der Waals surface area contributed by atoms with Gasteiger partial charge in [0.05, 0.1) is 31.0 Å². The molecule has 0 spiro atoms. The summed E-state index contributed by atoms with van der Waals surface area (Å²) in [6.45, 7) is 7.08. The van der Waals surface area contributed by atoms with Crippen molar-refractivity contribution in [2.75, 3.05) is 38.2 Å². The Kier molecular flexibility index (Phi) is 9.11. The molecule has 1 fully saturated rings. The molecule has 1 saturated heterocycles. The summed E-state index contributed by atoms with van der Waals surface area (Å²) in [5, 5.41) is 7.50. The molecule has 1 aliphatic heterocycles. The smallest absolute Gasteiger partial charge is 0.433 e. The van der Waals surface area contributed by atoms with Crippen LogP contribution in [-0.2, 0) is 31.8 Å². The summed E-state index contributed by atoms with van der Waals surface area (Å²) in [5.41, 5.74) is -1.22. The SMILES string of the molecule is CCOC(=O)C(Oc1cc2nn(CC(=O)N3CCOCC3)cc2cc1NC(=O)c1cccc(C(F)(F)F)n1)C(C)C. The van der Waals surface area contributed by atoms with E-state index in [-0.39, 0.29) is 36.4 Å². The minimum atomic E-state index is -4.74. The van der Waals surface area contributed by atoms with Crippen molar-refractivity contribution in [3.05, 3.63) is 47.9 Å². The monoisotopic (exact) mass is 577 g/mol. The number of fused-ring (bicyclic) bond motifs is 1. The van der Waals surface area contributed by atoms with Crippen molar-refractivity contribution in [1.29, 1.82) is 0 Å². The number of aromatic nitrogens is 3. The van der Waals surface area contributed by atoms with Crippen LogP contribution in [0.2, 0.25) is 0 Å². The van der Waals surface area contributed by atoms with Gasteiger partial charge in [0.2, 0.25) is 5.91 Å². The molecule has 2 amide bonds. The van der Waals surface area contributed by atoms with E-state index in [1.54, 1.807) is 31.9 Å². The van der Waals surface area contributed by atoms with Gasteiger partial charge < -0.3 is 24.4 Å². The fourth-order valence-corrected chi connectivity index (χ4v) is 4.15. The number of morpholine rings is 1. The second-order valence-electron chi connectivity index (χ2n) is 9.62. The molecule has 1 atom stereocenters. The number of rotatable bonds is 9. The van der Waals surface area contributed by atoms with E-state index in [9.17, 15) is 27.6 Å². The van der Waals surface area contributed by atoms with Crippen LogP contribution in [0.4, 0.5) is 18.9 Å². The maximum Gasteiger partial charge on any atom is 0.433 e. The minimum absolute atomic E-state index is 0.0364. The van der Waals surface area contributed by atoms with Crippen LogP contribution >= 0.6 is 0 Å². The highest BCUT2D eigenvalue weighted by molar-refractivity contribution is 6.05. The Balaban J connectivity index is 1.68. The zero-order chi connectivity index (χ0) is 29.7. The van der Waals surface area contributed by atoms with Crippen LogP contribution in [0.3, 0.4) is 0 Å². The highest BCUT2D eigenvalue weighted by Gasteiger charge is 2.33. The number of ether oxygens (including phenoxy) is 3. The summed E-state index contributed by atoms with van der Waals surface area (Å²) < 4.78 is 57.4. The van der Waals surface area contributed by atoms with Crippen molar-refractivity contribution in [3.63, 3.8) is 0 Å². The Labute approximate surface area is 233 Å². The highest BCUT2D eigenvalue weighted by Crippen LogP contribution is 2.33. The lowest BCUT2D eigenvalue weighted by molar-refractivity contribution is -0.153. The third-order valence-corrected chi connectivity index (χ3v) is 6.21. The van der Waals surface area contributed by atoms with E-state index in [4.69, 9.17) is 14.2 Å². The van der Waals surface area contributed by atoms with Gasteiger partial charge >= 0.3 is 12.1 Å². The summed E-state index contributed by atoms with van der Waals surface area (Å²) in [5.74, 6) is -1.99. The van der Waals surface area contributed by atoms with Crippen molar-refractivity contribution in [1.82, 2.24) is 19.7 Å². The standard InChI is InChI=1S/C27H30F3N5O6/c1-4-40-26(38)24(16(2)3)41-21-13-19-17(14-35(33-19)15-23(36)34-8-10-39-11-9-34)12-20(21)32-25(37)18-6-5-7-22(31-18)27(28,29)30/h5-7,12-14,16,24H,4,8-11,15H2,1-3H3,(H,32,37). The number of hydrogen-bond acceptors (Lipinski definition) is 8. The van der Waals surface area contributed by atoms with Crippen LogP contribution in [0.1, 0.15) is 37.0 Å². The summed E-state index contributed by atoms with van der Waals surface area (Å²) in [6.07, 6.45) is -4.19. The second kappa shape index (κ2) is 12.5. The molecule has 14 heteroatoms. The Morgan fingerprint density at radius 1 is 1.15 bits per heavy atom. The van der Waals surface area contributed by atoms with Crippen LogP contribution in [0.5, 0.6) is 5.75 Å². The van der Waals surface area contributed by atoms with Crippen LogP contribution < -0.4 is 10.1 Å². The van der Waals surface area contributed by atoms with Gasteiger partial charge in [-0.25, -0.2) is 9.78 Å². The van der Waals surface area contributed by atoms with Crippen LogP contribution in [0, 0.1) is 5.92 Å². The number of alkyl halides is 3. The molecule has 0 radical (unpaired) electrons. The van der Waals surface area contributed by atoms with Crippen molar-refractivity contribution in [3.8, 4) is 5.75 Å². The number of hydrogen-bond donors (Lipinski definition) is 1. The third-order valence-electron chi connectivity index (χ3n) is 6.21. The number of carbonyl (C=O) groups excluding carboxylic acids is 3. The Morgan fingerprint density at radius 3 is 2.54 bits per heavy atom. The fraction of sp³-hybridized carbons (Fsp3) is 0.444. The molecule has 0 saturated carbocycles. The van der Waals surface area contributed by atoms with Gasteiger partial charge in [0.25, 0.3) is 5.91 Å².